The molecular weight excluding hydrogens is 122 g/mol. The van der Waals surface area contributed by atoms with Gasteiger partial charge in [-0.25, -0.2) is 0 Å². The number of nitrogens with two attached hydrogens (primary N) is 1. The summed E-state index contributed by atoms with van der Waals surface area (Å²) >= 11 is 0. The smallest absolute Gasteiger partial charge is 0.0118 e. The van der Waals surface area contributed by atoms with E-state index in [1.165, 1.54) is 0 Å². The summed E-state index contributed by atoms with van der Waals surface area (Å²) in [5.74, 6) is 1.19. The van der Waals surface area contributed by atoms with Crippen molar-refractivity contribution in [2.75, 3.05) is 0 Å². The molecule has 0 radical (unpaired) electrons. The minimum absolute atomic E-state index is 0.574. The molecule has 10 heavy (non-hydrogen) atoms. The van der Waals surface area contributed by atoms with Gasteiger partial charge in [0.05, 0.1) is 0 Å². The first kappa shape index (κ1) is 7.39. The minimum Gasteiger partial charge on any atom is -0.402 e. The maximum Gasteiger partial charge on any atom is 0.0118 e. The van der Waals surface area contributed by atoms with Crippen LogP contribution in [0, 0.1) is 11.8 Å². The van der Waals surface area contributed by atoms with Gasteiger partial charge in [0.2, 0.25) is 0 Å². The summed E-state index contributed by atoms with van der Waals surface area (Å²) in [7, 11) is 0. The Morgan fingerprint density at radius 3 is 2.70 bits per heavy atom. The molecule has 0 saturated heterocycles. The van der Waals surface area contributed by atoms with Crippen LogP contribution in [0.2, 0.25) is 0 Å². The first-order chi connectivity index (χ1) is 4.75. The third-order valence-corrected chi connectivity index (χ3v) is 2.21. The predicted molar refractivity (Wildman–Crippen MR) is 44.4 cm³/mol. The zero-order chi connectivity index (χ0) is 7.56. The number of rotatable bonds is 1. The van der Waals surface area contributed by atoms with E-state index in [-0.39, 0.29) is 0 Å². The second kappa shape index (κ2) is 2.91. The van der Waals surface area contributed by atoms with Crippen molar-refractivity contribution in [3.63, 3.8) is 0 Å². The zero-order valence-electron chi connectivity index (χ0n) is 6.67. The Morgan fingerprint density at radius 2 is 2.30 bits per heavy atom. The van der Waals surface area contributed by atoms with Gasteiger partial charge in [-0.2, -0.15) is 0 Å². The van der Waals surface area contributed by atoms with E-state index in [9.17, 15) is 0 Å². The van der Waals surface area contributed by atoms with E-state index >= 15 is 0 Å². The third kappa shape index (κ3) is 1.23. The van der Waals surface area contributed by atoms with Gasteiger partial charge in [0.1, 0.15) is 0 Å². The van der Waals surface area contributed by atoms with Crippen LogP contribution in [0.3, 0.4) is 0 Å². The Labute approximate surface area is 62.6 Å². The highest BCUT2D eigenvalue weighted by Gasteiger charge is 2.16. The highest BCUT2D eigenvalue weighted by Crippen LogP contribution is 2.25. The lowest BCUT2D eigenvalue weighted by molar-refractivity contribution is 0.461. The lowest BCUT2D eigenvalue weighted by Gasteiger charge is -2.22. The Bertz CT molecular complexity index is 168. The number of hydrogen-bond donors (Lipinski definition) is 1. The fourth-order valence-electron chi connectivity index (χ4n) is 1.51. The van der Waals surface area contributed by atoms with Gasteiger partial charge in [-0.15, -0.1) is 0 Å². The predicted octanol–water partition coefficient (Wildman–Crippen LogP) is 2.06. The standard InChI is InChI=1S/C9H15N/c1-3-8-7(2)5-4-6-9(8)10/h4-8H,3,10H2,1-2H3. The molecule has 0 aromatic rings. The molecule has 1 heteroatoms. The van der Waals surface area contributed by atoms with Gasteiger partial charge >= 0.3 is 0 Å². The zero-order valence-corrected chi connectivity index (χ0v) is 6.67. The van der Waals surface area contributed by atoms with Gasteiger partial charge in [-0.3, -0.25) is 0 Å². The fraction of sp³-hybridized carbons (Fsp3) is 0.556. The summed E-state index contributed by atoms with van der Waals surface area (Å²) in [6, 6.07) is 0. The molecule has 0 saturated carbocycles. The third-order valence-electron chi connectivity index (χ3n) is 2.21. The molecule has 1 aliphatic rings. The Balaban J connectivity index is 2.71. The van der Waals surface area contributed by atoms with Crippen molar-refractivity contribution < 1.29 is 0 Å². The Morgan fingerprint density at radius 1 is 1.60 bits per heavy atom. The van der Waals surface area contributed by atoms with Crippen LogP contribution in [0.5, 0.6) is 0 Å². The monoisotopic (exact) mass is 137 g/mol. The van der Waals surface area contributed by atoms with Crippen molar-refractivity contribution in [2.24, 2.45) is 17.6 Å². The van der Waals surface area contributed by atoms with Crippen LogP contribution < -0.4 is 5.73 Å². The van der Waals surface area contributed by atoms with Crippen LogP contribution in [0.25, 0.3) is 0 Å². The summed E-state index contributed by atoms with van der Waals surface area (Å²) < 4.78 is 0. The number of hydrogen-bond acceptors (Lipinski definition) is 1. The molecule has 0 bridgehead atoms. The first-order valence-corrected chi connectivity index (χ1v) is 3.89. The van der Waals surface area contributed by atoms with Gasteiger partial charge in [0.25, 0.3) is 0 Å². The van der Waals surface area contributed by atoms with Gasteiger partial charge in [0.15, 0.2) is 0 Å². The quantitative estimate of drug-likeness (QED) is 0.588. The normalized spacial score (nSPS) is 32.0. The fourth-order valence-corrected chi connectivity index (χ4v) is 1.51. The summed E-state index contributed by atoms with van der Waals surface area (Å²) in [4.78, 5) is 0. The summed E-state index contributed by atoms with van der Waals surface area (Å²) in [5.41, 5.74) is 6.83. The van der Waals surface area contributed by atoms with E-state index in [0.29, 0.717) is 11.8 Å². The van der Waals surface area contributed by atoms with Crippen LogP contribution in [-0.2, 0) is 0 Å². The van der Waals surface area contributed by atoms with E-state index in [2.05, 4.69) is 19.9 Å². The first-order valence-electron chi connectivity index (χ1n) is 3.89. The molecule has 0 fully saturated rings. The maximum atomic E-state index is 5.79. The Kier molecular flexibility index (Phi) is 2.15. The van der Waals surface area contributed by atoms with E-state index in [0.717, 1.165) is 12.1 Å². The second-order valence-corrected chi connectivity index (χ2v) is 2.93. The maximum absolute atomic E-state index is 5.79. The molecule has 1 aliphatic carbocycles. The Hall–Kier alpha value is -0.720. The highest BCUT2D eigenvalue weighted by molar-refractivity contribution is 5.20. The van der Waals surface area contributed by atoms with E-state index in [1.54, 1.807) is 0 Å². The molecule has 0 amide bonds. The lowest BCUT2D eigenvalue weighted by atomic mass is 9.85. The molecule has 1 nitrogen and oxygen atoms in total. The largest absolute Gasteiger partial charge is 0.402 e. The van der Waals surface area contributed by atoms with Crippen LogP contribution in [0.4, 0.5) is 0 Å². The molecule has 0 heterocycles. The second-order valence-electron chi connectivity index (χ2n) is 2.93. The van der Waals surface area contributed by atoms with Crippen molar-refractivity contribution in [1.29, 1.82) is 0 Å². The molecule has 2 unspecified atom stereocenters. The molecule has 2 N–H and O–H groups in total. The average molecular weight is 137 g/mol. The van der Waals surface area contributed by atoms with Gasteiger partial charge in [0, 0.05) is 11.6 Å². The lowest BCUT2D eigenvalue weighted by Crippen LogP contribution is -2.19. The van der Waals surface area contributed by atoms with E-state index < -0.39 is 0 Å². The van der Waals surface area contributed by atoms with Gasteiger partial charge in [-0.1, -0.05) is 26.0 Å². The topological polar surface area (TPSA) is 26.0 Å². The van der Waals surface area contributed by atoms with E-state index in [4.69, 9.17) is 5.73 Å². The van der Waals surface area contributed by atoms with Crippen molar-refractivity contribution in [2.45, 2.75) is 20.3 Å². The van der Waals surface area contributed by atoms with Gasteiger partial charge < -0.3 is 5.73 Å². The molecule has 0 aromatic heterocycles. The van der Waals surface area contributed by atoms with Crippen molar-refractivity contribution in [3.8, 4) is 0 Å². The van der Waals surface area contributed by atoms with Crippen molar-refractivity contribution >= 4 is 0 Å². The molecule has 0 spiro atoms. The van der Waals surface area contributed by atoms with Crippen LogP contribution in [0.15, 0.2) is 23.9 Å². The SMILES string of the molecule is CCC1C(N)=CC=CC1C. The molecule has 56 valence electrons. The molecular formula is C9H15N. The van der Waals surface area contributed by atoms with Crippen LogP contribution in [0.1, 0.15) is 20.3 Å². The van der Waals surface area contributed by atoms with Gasteiger partial charge in [-0.05, 0) is 18.4 Å². The number of allylic oxidation sites excluding steroid dienone is 4. The minimum atomic E-state index is 0.574. The average Bonchev–Trinajstić information content (AvgIpc) is 1.88. The van der Waals surface area contributed by atoms with Crippen molar-refractivity contribution in [3.05, 3.63) is 23.9 Å². The van der Waals surface area contributed by atoms with Crippen LogP contribution in [-0.4, -0.2) is 0 Å². The highest BCUT2D eigenvalue weighted by atomic mass is 14.6. The van der Waals surface area contributed by atoms with Crippen molar-refractivity contribution in [1.82, 2.24) is 0 Å². The summed E-state index contributed by atoms with van der Waals surface area (Å²) in [6.07, 6.45) is 7.42. The molecule has 1 rings (SSSR count). The molecule has 2 atom stereocenters. The summed E-state index contributed by atoms with van der Waals surface area (Å²) in [5, 5.41) is 0. The summed E-state index contributed by atoms with van der Waals surface area (Å²) in [6.45, 7) is 4.39. The molecule has 0 aromatic carbocycles. The molecule has 0 aliphatic heterocycles. The van der Waals surface area contributed by atoms with E-state index in [1.807, 2.05) is 12.2 Å². The van der Waals surface area contributed by atoms with Crippen LogP contribution >= 0.6 is 0 Å².